The van der Waals surface area contributed by atoms with Crippen molar-refractivity contribution in [2.24, 2.45) is 0 Å². The summed E-state index contributed by atoms with van der Waals surface area (Å²) in [5, 5.41) is 14.0. The van der Waals surface area contributed by atoms with E-state index in [0.29, 0.717) is 19.5 Å². The van der Waals surface area contributed by atoms with E-state index in [0.717, 1.165) is 38.7 Å². The number of unbranched alkanes of at least 4 members (excludes halogenated alkanes) is 2. The molecule has 1 rings (SSSR count). The highest BCUT2D eigenvalue weighted by atomic mass is 16.5. The molecule has 1 fully saturated rings. The summed E-state index contributed by atoms with van der Waals surface area (Å²) in [6.45, 7) is 1.93. The molecule has 19 heavy (non-hydrogen) atoms. The van der Waals surface area contributed by atoms with Crippen LogP contribution in [0, 0.1) is 0 Å². The summed E-state index contributed by atoms with van der Waals surface area (Å²) >= 11 is 0. The van der Waals surface area contributed by atoms with E-state index >= 15 is 0 Å². The lowest BCUT2D eigenvalue weighted by atomic mass is 10.1. The molecular formula is C13H24N2O4. The molecule has 0 radical (unpaired) electrons. The first-order valence-electron chi connectivity index (χ1n) is 7.03. The molecule has 0 saturated carbocycles. The Bertz CT molecular complexity index is 278. The smallest absolute Gasteiger partial charge is 0.314 e. The first-order valence-corrected chi connectivity index (χ1v) is 7.03. The van der Waals surface area contributed by atoms with E-state index in [1.54, 1.807) is 0 Å². The summed E-state index contributed by atoms with van der Waals surface area (Å²) in [5.74, 6) is -0.766. The van der Waals surface area contributed by atoms with E-state index in [1.807, 2.05) is 0 Å². The van der Waals surface area contributed by atoms with Crippen LogP contribution in [0.25, 0.3) is 0 Å². The molecule has 1 aliphatic heterocycles. The second kappa shape index (κ2) is 9.61. The molecule has 1 unspecified atom stereocenters. The van der Waals surface area contributed by atoms with Gasteiger partial charge in [-0.15, -0.1) is 0 Å². The molecule has 0 bridgehead atoms. The standard InChI is InChI=1S/C13H24N2O4/c16-12(17)7-2-1-4-8-14-13(18)15-10-11-6-3-5-9-19-11/h11H,1-10H2,(H,16,17)(H2,14,15,18). The average molecular weight is 272 g/mol. The van der Waals surface area contributed by atoms with Gasteiger partial charge in [0.2, 0.25) is 0 Å². The minimum Gasteiger partial charge on any atom is -0.481 e. The second-order valence-electron chi connectivity index (χ2n) is 4.83. The molecule has 1 atom stereocenters. The number of ether oxygens (including phenoxy) is 1. The topological polar surface area (TPSA) is 87.7 Å². The first kappa shape index (κ1) is 15.8. The van der Waals surface area contributed by atoms with Crippen molar-refractivity contribution in [2.45, 2.75) is 51.0 Å². The van der Waals surface area contributed by atoms with Gasteiger partial charge in [-0.2, -0.15) is 0 Å². The third kappa shape index (κ3) is 8.42. The first-order chi connectivity index (χ1) is 9.18. The molecule has 0 spiro atoms. The number of rotatable bonds is 8. The number of nitrogens with one attached hydrogen (secondary N) is 2. The molecule has 6 nitrogen and oxygen atoms in total. The summed E-state index contributed by atoms with van der Waals surface area (Å²) in [7, 11) is 0. The third-order valence-electron chi connectivity index (χ3n) is 3.12. The van der Waals surface area contributed by atoms with E-state index in [9.17, 15) is 9.59 Å². The molecule has 0 aromatic heterocycles. The van der Waals surface area contributed by atoms with Crippen LogP contribution in [0.2, 0.25) is 0 Å². The van der Waals surface area contributed by atoms with Gasteiger partial charge in [-0.3, -0.25) is 4.79 Å². The number of carboxylic acids is 1. The largest absolute Gasteiger partial charge is 0.481 e. The molecule has 110 valence electrons. The summed E-state index contributed by atoms with van der Waals surface area (Å²) in [4.78, 5) is 21.7. The Morgan fingerprint density at radius 2 is 2.00 bits per heavy atom. The lowest BCUT2D eigenvalue weighted by Gasteiger charge is -2.22. The van der Waals surface area contributed by atoms with Crippen LogP contribution in [-0.4, -0.2) is 42.9 Å². The number of hydrogen-bond donors (Lipinski definition) is 3. The zero-order valence-corrected chi connectivity index (χ0v) is 11.3. The number of carboxylic acid groups (broad SMARTS) is 1. The van der Waals surface area contributed by atoms with Crippen molar-refractivity contribution in [3.05, 3.63) is 0 Å². The Labute approximate surface area is 113 Å². The Balaban J connectivity index is 1.91. The molecule has 2 amide bonds. The predicted molar refractivity (Wildman–Crippen MR) is 71.1 cm³/mol. The van der Waals surface area contributed by atoms with E-state index in [-0.39, 0.29) is 18.6 Å². The van der Waals surface area contributed by atoms with Gasteiger partial charge in [0, 0.05) is 26.1 Å². The van der Waals surface area contributed by atoms with Gasteiger partial charge in [0.1, 0.15) is 0 Å². The van der Waals surface area contributed by atoms with Gasteiger partial charge in [0.15, 0.2) is 0 Å². The van der Waals surface area contributed by atoms with Crippen LogP contribution in [-0.2, 0) is 9.53 Å². The number of carbonyl (C=O) groups is 2. The molecule has 0 aromatic rings. The van der Waals surface area contributed by atoms with Crippen molar-refractivity contribution >= 4 is 12.0 Å². The maximum atomic E-state index is 11.5. The monoisotopic (exact) mass is 272 g/mol. The summed E-state index contributed by atoms with van der Waals surface area (Å²) in [6, 6.07) is -0.174. The van der Waals surface area contributed by atoms with Crippen LogP contribution in [0.1, 0.15) is 44.9 Å². The minimum atomic E-state index is -0.766. The fourth-order valence-corrected chi connectivity index (χ4v) is 2.02. The van der Waals surface area contributed by atoms with Gasteiger partial charge < -0.3 is 20.5 Å². The normalized spacial score (nSPS) is 18.8. The van der Waals surface area contributed by atoms with Crippen LogP contribution >= 0.6 is 0 Å². The lowest BCUT2D eigenvalue weighted by molar-refractivity contribution is -0.137. The van der Waals surface area contributed by atoms with Gasteiger partial charge in [-0.25, -0.2) is 4.79 Å². The Morgan fingerprint density at radius 3 is 2.68 bits per heavy atom. The number of aliphatic carboxylic acids is 1. The maximum absolute atomic E-state index is 11.5. The molecule has 3 N–H and O–H groups in total. The maximum Gasteiger partial charge on any atom is 0.314 e. The van der Waals surface area contributed by atoms with E-state index in [2.05, 4.69) is 10.6 Å². The molecule has 6 heteroatoms. The van der Waals surface area contributed by atoms with Gasteiger partial charge in [-0.1, -0.05) is 6.42 Å². The summed E-state index contributed by atoms with van der Waals surface area (Å²) in [6.07, 6.45) is 5.92. The molecule has 1 heterocycles. The fraction of sp³-hybridized carbons (Fsp3) is 0.846. The number of carbonyl (C=O) groups excluding carboxylic acids is 1. The molecule has 0 aromatic carbocycles. The number of hydrogen-bond acceptors (Lipinski definition) is 3. The van der Waals surface area contributed by atoms with Gasteiger partial charge in [0.25, 0.3) is 0 Å². The van der Waals surface area contributed by atoms with Crippen molar-refractivity contribution in [1.29, 1.82) is 0 Å². The highest BCUT2D eigenvalue weighted by molar-refractivity contribution is 5.73. The average Bonchev–Trinajstić information content (AvgIpc) is 2.41. The van der Waals surface area contributed by atoms with Crippen LogP contribution in [0.5, 0.6) is 0 Å². The van der Waals surface area contributed by atoms with Crippen molar-refractivity contribution in [2.75, 3.05) is 19.7 Å². The SMILES string of the molecule is O=C(O)CCCCCNC(=O)NCC1CCCCO1. The van der Waals surface area contributed by atoms with Crippen molar-refractivity contribution in [3.8, 4) is 0 Å². The third-order valence-corrected chi connectivity index (χ3v) is 3.12. The van der Waals surface area contributed by atoms with Crippen LogP contribution < -0.4 is 10.6 Å². The van der Waals surface area contributed by atoms with Gasteiger partial charge in [-0.05, 0) is 32.1 Å². The van der Waals surface area contributed by atoms with Crippen molar-refractivity contribution in [3.63, 3.8) is 0 Å². The number of amides is 2. The van der Waals surface area contributed by atoms with Gasteiger partial charge >= 0.3 is 12.0 Å². The molecule has 0 aliphatic carbocycles. The van der Waals surface area contributed by atoms with Gasteiger partial charge in [0.05, 0.1) is 6.10 Å². The van der Waals surface area contributed by atoms with Crippen molar-refractivity contribution < 1.29 is 19.4 Å². The van der Waals surface area contributed by atoms with Crippen LogP contribution in [0.15, 0.2) is 0 Å². The van der Waals surface area contributed by atoms with Crippen molar-refractivity contribution in [1.82, 2.24) is 10.6 Å². The highest BCUT2D eigenvalue weighted by Crippen LogP contribution is 2.11. The van der Waals surface area contributed by atoms with E-state index < -0.39 is 5.97 Å². The Hall–Kier alpha value is -1.30. The summed E-state index contributed by atoms with van der Waals surface area (Å²) in [5.41, 5.74) is 0. The zero-order chi connectivity index (χ0) is 13.9. The second-order valence-corrected chi connectivity index (χ2v) is 4.83. The highest BCUT2D eigenvalue weighted by Gasteiger charge is 2.14. The number of urea groups is 1. The Morgan fingerprint density at radius 1 is 1.16 bits per heavy atom. The minimum absolute atomic E-state index is 0.148. The van der Waals surface area contributed by atoms with Crippen LogP contribution in [0.4, 0.5) is 4.79 Å². The summed E-state index contributed by atoms with van der Waals surface area (Å²) < 4.78 is 5.51. The molecular weight excluding hydrogens is 248 g/mol. The fourth-order valence-electron chi connectivity index (χ4n) is 2.02. The van der Waals surface area contributed by atoms with E-state index in [4.69, 9.17) is 9.84 Å². The zero-order valence-electron chi connectivity index (χ0n) is 11.3. The molecule has 1 aliphatic rings. The quantitative estimate of drug-likeness (QED) is 0.584. The predicted octanol–water partition coefficient (Wildman–Crippen LogP) is 1.50. The van der Waals surface area contributed by atoms with E-state index in [1.165, 1.54) is 0 Å². The molecule has 1 saturated heterocycles. The Kier molecular flexibility index (Phi) is 7.97. The lowest BCUT2D eigenvalue weighted by Crippen LogP contribution is -2.41. The van der Waals surface area contributed by atoms with Crippen LogP contribution in [0.3, 0.4) is 0 Å².